The van der Waals surface area contributed by atoms with Crippen molar-refractivity contribution in [2.45, 2.75) is 37.6 Å². The number of carbonyl (C=O) groups is 1. The highest BCUT2D eigenvalue weighted by molar-refractivity contribution is 5.94. The molecule has 0 aromatic carbocycles. The fourth-order valence-corrected chi connectivity index (χ4v) is 4.23. The summed E-state index contributed by atoms with van der Waals surface area (Å²) < 4.78 is 6.61. The highest BCUT2D eigenvalue weighted by Crippen LogP contribution is 2.32. The van der Waals surface area contributed by atoms with E-state index >= 15 is 0 Å². The molecule has 1 fully saturated rings. The van der Waals surface area contributed by atoms with Crippen LogP contribution in [0.4, 0.5) is 0 Å². The molecule has 0 saturated heterocycles. The number of methoxy groups -OCH3 is 1. The van der Waals surface area contributed by atoms with Gasteiger partial charge in [-0.15, -0.1) is 0 Å². The molecular formula is C23H25N5O3. The van der Waals surface area contributed by atoms with E-state index in [1.54, 1.807) is 31.5 Å². The van der Waals surface area contributed by atoms with Crippen molar-refractivity contribution in [3.05, 3.63) is 69.8 Å². The number of hydrogen-bond acceptors (Lipinski definition) is 5. The number of rotatable bonds is 6. The Balaban J connectivity index is 1.51. The number of aromatic nitrogens is 3. The highest BCUT2D eigenvalue weighted by atomic mass is 16.5. The molecule has 0 bridgehead atoms. The molecule has 2 aliphatic carbocycles. The zero-order valence-electron chi connectivity index (χ0n) is 17.6. The van der Waals surface area contributed by atoms with Gasteiger partial charge in [-0.05, 0) is 43.4 Å². The van der Waals surface area contributed by atoms with Crippen LogP contribution in [-0.2, 0) is 4.74 Å². The number of carbonyl (C=O) groups excluding carboxylic acids is 1. The zero-order chi connectivity index (χ0) is 22.0. The Labute approximate surface area is 180 Å². The smallest absolute Gasteiger partial charge is 0.276 e. The van der Waals surface area contributed by atoms with Crippen LogP contribution in [-0.4, -0.2) is 39.9 Å². The second-order valence-electron chi connectivity index (χ2n) is 8.27. The average molecular weight is 419 g/mol. The van der Waals surface area contributed by atoms with Gasteiger partial charge in [-0.25, -0.2) is 9.67 Å². The molecule has 1 saturated carbocycles. The molecule has 8 nitrogen and oxygen atoms in total. The van der Waals surface area contributed by atoms with E-state index < -0.39 is 0 Å². The lowest BCUT2D eigenvalue weighted by Gasteiger charge is -2.41. The maximum absolute atomic E-state index is 13.0. The van der Waals surface area contributed by atoms with Crippen LogP contribution in [0.5, 0.6) is 0 Å². The molecule has 2 N–H and O–H groups in total. The molecule has 1 amide bonds. The van der Waals surface area contributed by atoms with Gasteiger partial charge in [-0.3, -0.25) is 14.7 Å². The van der Waals surface area contributed by atoms with E-state index in [-0.39, 0.29) is 28.8 Å². The van der Waals surface area contributed by atoms with Gasteiger partial charge in [0.05, 0.1) is 23.8 Å². The lowest BCUT2D eigenvalue weighted by Crippen LogP contribution is -2.56. The minimum Gasteiger partial charge on any atom is -0.382 e. The second-order valence-corrected chi connectivity index (χ2v) is 8.27. The van der Waals surface area contributed by atoms with Crippen molar-refractivity contribution in [2.24, 2.45) is 5.92 Å². The Bertz CT molecular complexity index is 1130. The molecule has 8 heteroatoms. The van der Waals surface area contributed by atoms with Crippen molar-refractivity contribution in [2.75, 3.05) is 13.7 Å². The minimum absolute atomic E-state index is 0.0292. The molecule has 2 aliphatic rings. The average Bonchev–Trinajstić information content (AvgIpc) is 3.13. The first kappa shape index (κ1) is 20.8. The summed E-state index contributed by atoms with van der Waals surface area (Å²) >= 11 is 0. The Morgan fingerprint density at radius 3 is 2.84 bits per heavy atom. The molecular weight excluding hydrogens is 394 g/mol. The summed E-state index contributed by atoms with van der Waals surface area (Å²) in [5.74, 6) is 0.119. The predicted octanol–water partition coefficient (Wildman–Crippen LogP) is 2.60. The van der Waals surface area contributed by atoms with Gasteiger partial charge in [-0.1, -0.05) is 19.1 Å². The Morgan fingerprint density at radius 1 is 1.45 bits per heavy atom. The topological polar surface area (TPSA) is 113 Å². The number of nitrogens with one attached hydrogen (secondary N) is 2. The van der Waals surface area contributed by atoms with Crippen LogP contribution in [0.2, 0.25) is 0 Å². The molecule has 2 aromatic heterocycles. The first-order valence-electron chi connectivity index (χ1n) is 10.3. The van der Waals surface area contributed by atoms with Crippen LogP contribution in [0.3, 0.4) is 0 Å². The minimum atomic E-state index is -0.292. The van der Waals surface area contributed by atoms with E-state index in [9.17, 15) is 9.59 Å². The van der Waals surface area contributed by atoms with Crippen molar-refractivity contribution in [3.63, 3.8) is 0 Å². The molecule has 2 aromatic rings. The molecule has 4 rings (SSSR count). The van der Waals surface area contributed by atoms with Crippen LogP contribution in [0, 0.1) is 17.2 Å². The molecule has 2 heterocycles. The van der Waals surface area contributed by atoms with Gasteiger partial charge in [0.1, 0.15) is 0 Å². The van der Waals surface area contributed by atoms with Crippen LogP contribution in [0.25, 0.3) is 5.82 Å². The summed E-state index contributed by atoms with van der Waals surface area (Å²) in [4.78, 5) is 29.9. The lowest BCUT2D eigenvalue weighted by molar-refractivity contribution is 0.0476. The zero-order valence-corrected chi connectivity index (χ0v) is 17.6. The van der Waals surface area contributed by atoms with Crippen molar-refractivity contribution in [3.8, 4) is 11.9 Å². The van der Waals surface area contributed by atoms with Crippen LogP contribution in [0.15, 0.2) is 53.1 Å². The summed E-state index contributed by atoms with van der Waals surface area (Å²) in [6.45, 7) is 2.47. The van der Waals surface area contributed by atoms with E-state index in [2.05, 4.69) is 21.5 Å². The third kappa shape index (κ3) is 3.97. The van der Waals surface area contributed by atoms with E-state index in [0.29, 0.717) is 29.1 Å². The molecule has 160 valence electrons. The fraction of sp³-hybridized carbons (Fsp3) is 0.391. The van der Waals surface area contributed by atoms with Crippen molar-refractivity contribution < 1.29 is 9.53 Å². The van der Waals surface area contributed by atoms with Crippen molar-refractivity contribution in [1.82, 2.24) is 20.1 Å². The van der Waals surface area contributed by atoms with E-state index in [4.69, 9.17) is 10.00 Å². The van der Waals surface area contributed by atoms with Gasteiger partial charge in [0.25, 0.3) is 11.5 Å². The third-order valence-corrected chi connectivity index (χ3v) is 6.13. The Hall–Kier alpha value is -3.44. The fourth-order valence-electron chi connectivity index (χ4n) is 4.23. The number of nitrogens with zero attached hydrogens (tertiary/aromatic N) is 3. The molecule has 0 radical (unpaired) electrons. The summed E-state index contributed by atoms with van der Waals surface area (Å²) in [5, 5.41) is 15.1. The van der Waals surface area contributed by atoms with Gasteiger partial charge in [0.2, 0.25) is 0 Å². The second kappa shape index (κ2) is 8.36. The normalized spacial score (nSPS) is 21.6. The summed E-state index contributed by atoms with van der Waals surface area (Å²) in [6.07, 6.45) is 11.5. The first-order chi connectivity index (χ1) is 15.0. The van der Waals surface area contributed by atoms with Gasteiger partial charge < -0.3 is 10.1 Å². The van der Waals surface area contributed by atoms with Crippen molar-refractivity contribution >= 4 is 5.91 Å². The van der Waals surface area contributed by atoms with E-state index in [0.717, 1.165) is 19.3 Å². The monoisotopic (exact) mass is 419 g/mol. The molecule has 31 heavy (non-hydrogen) atoms. The molecule has 2 atom stereocenters. The van der Waals surface area contributed by atoms with Gasteiger partial charge in [-0.2, -0.15) is 5.26 Å². The molecule has 2 unspecified atom stereocenters. The number of hydrogen-bond donors (Lipinski definition) is 2. The van der Waals surface area contributed by atoms with Gasteiger partial charge >= 0.3 is 0 Å². The SMILES string of the molecule is COCC1(NC(=O)c2ccc(-n3[nH]cc(C4C=CC(C#N)=CC4C)c3=O)nc2)CCC1. The summed E-state index contributed by atoms with van der Waals surface area (Å²) in [6, 6.07) is 5.44. The number of nitriles is 1. The number of pyridine rings is 1. The standard InChI is InChI=1S/C23H25N5O3/c1-15-10-16(11-24)4-6-18(15)19-13-26-28(22(19)30)20-7-5-17(12-25-20)21(29)27-23(14-31-2)8-3-9-23/h4-7,10,12-13,15,18,26H,3,8-9,14H2,1-2H3,(H,27,29). The maximum atomic E-state index is 13.0. The van der Waals surface area contributed by atoms with Crippen LogP contribution in [0.1, 0.15) is 48.0 Å². The number of H-pyrrole nitrogens is 1. The number of amides is 1. The van der Waals surface area contributed by atoms with E-state index in [1.807, 2.05) is 19.1 Å². The Morgan fingerprint density at radius 2 is 2.26 bits per heavy atom. The predicted molar refractivity (Wildman–Crippen MR) is 115 cm³/mol. The molecule has 0 spiro atoms. The maximum Gasteiger partial charge on any atom is 0.276 e. The van der Waals surface area contributed by atoms with E-state index in [1.165, 1.54) is 10.9 Å². The summed E-state index contributed by atoms with van der Waals surface area (Å²) in [7, 11) is 1.63. The number of aromatic amines is 1. The molecule has 0 aliphatic heterocycles. The van der Waals surface area contributed by atoms with Crippen molar-refractivity contribution in [1.29, 1.82) is 5.26 Å². The first-order valence-corrected chi connectivity index (χ1v) is 10.3. The quantitative estimate of drug-likeness (QED) is 0.747. The highest BCUT2D eigenvalue weighted by Gasteiger charge is 2.38. The Kier molecular flexibility index (Phi) is 5.61. The third-order valence-electron chi connectivity index (χ3n) is 6.13. The lowest BCUT2D eigenvalue weighted by atomic mass is 9.77. The summed E-state index contributed by atoms with van der Waals surface area (Å²) in [5.41, 5.74) is 1.15. The largest absolute Gasteiger partial charge is 0.382 e. The van der Waals surface area contributed by atoms with Crippen LogP contribution < -0.4 is 10.9 Å². The van der Waals surface area contributed by atoms with Crippen LogP contribution >= 0.6 is 0 Å². The number of ether oxygens (including phenoxy) is 1. The van der Waals surface area contributed by atoms with Gasteiger partial charge in [0, 0.05) is 36.6 Å². The van der Waals surface area contributed by atoms with Gasteiger partial charge in [0.15, 0.2) is 5.82 Å². The number of allylic oxidation sites excluding steroid dienone is 4.